The number of benzene rings is 1. The summed E-state index contributed by atoms with van der Waals surface area (Å²) in [5.41, 5.74) is 1.22. The molecule has 0 fully saturated rings. The van der Waals surface area contributed by atoms with Gasteiger partial charge in [-0.2, -0.15) is 0 Å². The first-order valence-electron chi connectivity index (χ1n) is 4.63. The predicted molar refractivity (Wildman–Crippen MR) is 67.1 cm³/mol. The minimum Gasteiger partial charge on any atom is -1.00 e. The summed E-state index contributed by atoms with van der Waals surface area (Å²) in [5.74, 6) is 1.04. The summed E-state index contributed by atoms with van der Waals surface area (Å²) in [6.07, 6.45) is 2.06. The normalized spacial score (nSPS) is 10.2. The zero-order valence-electron chi connectivity index (χ0n) is 9.29. The van der Waals surface area contributed by atoms with Crippen LogP contribution in [0.2, 0.25) is 0 Å². The third kappa shape index (κ3) is 2.51. The average Bonchev–Trinajstić information content (AvgIpc) is 2.23. The monoisotopic (exact) mass is 410 g/mol. The molecular weight excluding hydrogens is 399 g/mol. The van der Waals surface area contributed by atoms with Crippen LogP contribution in [0.5, 0.6) is 0 Å². The van der Waals surface area contributed by atoms with Crippen molar-refractivity contribution in [2.75, 3.05) is 6.26 Å². The lowest BCUT2D eigenvalue weighted by Gasteiger charge is -2.03. The van der Waals surface area contributed by atoms with Crippen LogP contribution in [0.25, 0.3) is 10.9 Å². The van der Waals surface area contributed by atoms with E-state index < -0.39 is 0 Å². The van der Waals surface area contributed by atoms with Crippen molar-refractivity contribution in [3.8, 4) is 0 Å². The molecule has 0 aliphatic heterocycles. The van der Waals surface area contributed by atoms with Gasteiger partial charge < -0.3 is 24.0 Å². The Kier molecular flexibility index (Phi) is 5.00. The number of rotatable bonds is 1. The van der Waals surface area contributed by atoms with Crippen LogP contribution in [-0.4, -0.2) is 11.2 Å². The zero-order valence-corrected chi connectivity index (χ0v) is 13.9. The van der Waals surface area contributed by atoms with Crippen molar-refractivity contribution < 1.29 is 28.5 Å². The molecule has 0 unspecified atom stereocenters. The summed E-state index contributed by atoms with van der Waals surface area (Å²) in [5, 5.41) is 2.28. The molecule has 0 saturated heterocycles. The average molecular weight is 411 g/mol. The second kappa shape index (κ2) is 5.64. The first-order valence-corrected chi connectivity index (χ1v) is 6.65. The molecule has 0 aliphatic rings. The van der Waals surface area contributed by atoms with Crippen molar-refractivity contribution in [3.63, 3.8) is 0 Å². The number of aromatic nitrogens is 2. The molecule has 5 heteroatoms. The van der Waals surface area contributed by atoms with Gasteiger partial charge in [-0.3, -0.25) is 0 Å². The molecule has 0 N–H and O–H groups in total. The molecule has 1 aromatic heterocycles. The largest absolute Gasteiger partial charge is 1.00 e. The van der Waals surface area contributed by atoms with Crippen LogP contribution in [0.4, 0.5) is 0 Å². The first-order chi connectivity index (χ1) is 7.13. The van der Waals surface area contributed by atoms with E-state index in [9.17, 15) is 0 Å². The molecule has 0 spiro atoms. The smallest absolute Gasteiger partial charge is 0.296 e. The molecular formula is C11H12BrIN2S. The van der Waals surface area contributed by atoms with Gasteiger partial charge >= 0.3 is 0 Å². The van der Waals surface area contributed by atoms with Crippen molar-refractivity contribution in [1.82, 2.24) is 4.98 Å². The van der Waals surface area contributed by atoms with Gasteiger partial charge in [-0.15, -0.1) is 0 Å². The third-order valence-electron chi connectivity index (χ3n) is 2.49. The summed E-state index contributed by atoms with van der Waals surface area (Å²) >= 11 is 5.18. The molecule has 1 heterocycles. The standard InChI is InChI=1S/C11H12BrN2S.HI/c1-7-13-11(15-3)9-6-8(12)4-5-10(9)14(7)2;/h4-6H,1-3H3;1H/q+1;/p-1. The molecule has 0 radical (unpaired) electrons. The lowest BCUT2D eigenvalue weighted by atomic mass is 10.2. The van der Waals surface area contributed by atoms with Gasteiger partial charge in [0.15, 0.2) is 0 Å². The highest BCUT2D eigenvalue weighted by Crippen LogP contribution is 2.25. The Balaban J connectivity index is 0.00000128. The maximum Gasteiger partial charge on any atom is 0.296 e. The maximum atomic E-state index is 4.57. The molecule has 0 atom stereocenters. The number of nitrogens with zero attached hydrogens (tertiary/aromatic N) is 2. The SMILES string of the molecule is CSc1nc(C)[n+](C)c2ccc(Br)cc12.[I-]. The Labute approximate surface area is 125 Å². The lowest BCUT2D eigenvalue weighted by Crippen LogP contribution is -3.00. The van der Waals surface area contributed by atoms with Crippen LogP contribution >= 0.6 is 27.7 Å². The Morgan fingerprint density at radius 1 is 1.38 bits per heavy atom. The minimum atomic E-state index is 0. The van der Waals surface area contributed by atoms with E-state index in [4.69, 9.17) is 0 Å². The van der Waals surface area contributed by atoms with Gasteiger partial charge in [0.1, 0.15) is 5.52 Å². The summed E-state index contributed by atoms with van der Waals surface area (Å²) < 4.78 is 3.21. The fraction of sp³-hybridized carbons (Fsp3) is 0.273. The Bertz CT molecular complexity index is 531. The van der Waals surface area contributed by atoms with Crippen molar-refractivity contribution in [1.29, 1.82) is 0 Å². The summed E-state index contributed by atoms with van der Waals surface area (Å²) in [6.45, 7) is 2.03. The topological polar surface area (TPSA) is 16.8 Å². The Hall–Kier alpha value is 0.120. The molecule has 1 aromatic carbocycles. The second-order valence-corrected chi connectivity index (χ2v) is 5.10. The number of thioether (sulfide) groups is 1. The van der Waals surface area contributed by atoms with E-state index in [2.05, 4.69) is 49.9 Å². The summed E-state index contributed by atoms with van der Waals surface area (Å²) in [7, 11) is 2.04. The minimum absolute atomic E-state index is 0. The van der Waals surface area contributed by atoms with Gasteiger partial charge in [-0.05, 0) is 29.4 Å². The van der Waals surface area contributed by atoms with E-state index in [-0.39, 0.29) is 24.0 Å². The highest BCUT2D eigenvalue weighted by molar-refractivity contribution is 9.10. The molecule has 2 rings (SSSR count). The van der Waals surface area contributed by atoms with Gasteiger partial charge in [-0.25, -0.2) is 4.57 Å². The van der Waals surface area contributed by atoms with Crippen molar-refractivity contribution in [2.24, 2.45) is 7.05 Å². The van der Waals surface area contributed by atoms with E-state index in [1.807, 2.05) is 14.0 Å². The second-order valence-electron chi connectivity index (χ2n) is 3.39. The van der Waals surface area contributed by atoms with Gasteiger partial charge in [0.05, 0.1) is 12.4 Å². The third-order valence-corrected chi connectivity index (χ3v) is 3.68. The number of hydrogen-bond donors (Lipinski definition) is 0. The fourth-order valence-corrected chi connectivity index (χ4v) is 2.55. The van der Waals surface area contributed by atoms with Crippen molar-refractivity contribution in [3.05, 3.63) is 28.5 Å². The lowest BCUT2D eigenvalue weighted by molar-refractivity contribution is -0.655. The van der Waals surface area contributed by atoms with E-state index >= 15 is 0 Å². The van der Waals surface area contributed by atoms with E-state index in [1.165, 1.54) is 10.9 Å². The van der Waals surface area contributed by atoms with Crippen LogP contribution in [0.15, 0.2) is 27.7 Å². The fourth-order valence-electron chi connectivity index (χ4n) is 1.58. The molecule has 2 nitrogen and oxygen atoms in total. The molecule has 2 aromatic rings. The van der Waals surface area contributed by atoms with Crippen LogP contribution < -0.4 is 28.5 Å². The van der Waals surface area contributed by atoms with Gasteiger partial charge in [0.2, 0.25) is 5.03 Å². The van der Waals surface area contributed by atoms with Crippen molar-refractivity contribution in [2.45, 2.75) is 11.9 Å². The molecule has 0 bridgehead atoms. The van der Waals surface area contributed by atoms with E-state index in [0.717, 1.165) is 15.3 Å². The number of hydrogen-bond acceptors (Lipinski definition) is 2. The highest BCUT2D eigenvalue weighted by atomic mass is 127. The molecule has 86 valence electrons. The summed E-state index contributed by atoms with van der Waals surface area (Å²) in [6, 6.07) is 6.30. The van der Waals surface area contributed by atoms with Gasteiger partial charge in [-0.1, -0.05) is 27.7 Å². The molecule has 16 heavy (non-hydrogen) atoms. The first kappa shape index (κ1) is 14.2. The molecule has 0 aliphatic carbocycles. The predicted octanol–water partition coefficient (Wildman–Crippen LogP) is -0.144. The molecule has 0 saturated carbocycles. The van der Waals surface area contributed by atoms with Gasteiger partial charge in [0.25, 0.3) is 5.82 Å². The highest BCUT2D eigenvalue weighted by Gasteiger charge is 2.15. The maximum absolute atomic E-state index is 4.57. The summed E-state index contributed by atoms with van der Waals surface area (Å²) in [4.78, 5) is 4.57. The van der Waals surface area contributed by atoms with Crippen LogP contribution in [0, 0.1) is 6.92 Å². The zero-order chi connectivity index (χ0) is 11.0. The quantitative estimate of drug-likeness (QED) is 0.281. The van der Waals surface area contributed by atoms with Crippen LogP contribution in [0.3, 0.4) is 0 Å². The van der Waals surface area contributed by atoms with Crippen LogP contribution in [0.1, 0.15) is 5.82 Å². The molecule has 0 amide bonds. The number of halogens is 2. The van der Waals surface area contributed by atoms with Crippen LogP contribution in [-0.2, 0) is 7.05 Å². The van der Waals surface area contributed by atoms with Gasteiger partial charge in [0, 0.05) is 11.4 Å². The van der Waals surface area contributed by atoms with E-state index in [0.29, 0.717) is 0 Å². The number of fused-ring (bicyclic) bond motifs is 1. The van der Waals surface area contributed by atoms with E-state index in [1.54, 1.807) is 11.8 Å². The number of aryl methyl sites for hydroxylation is 2. The van der Waals surface area contributed by atoms with Crippen molar-refractivity contribution >= 4 is 38.6 Å². The Morgan fingerprint density at radius 2 is 2.06 bits per heavy atom. The Morgan fingerprint density at radius 3 is 2.69 bits per heavy atom.